The Kier molecular flexibility index (Phi) is 3.16. The smallest absolute Gasteiger partial charge is 0.139 e. The highest BCUT2D eigenvalue weighted by atomic mass is 35.5. The van der Waals surface area contributed by atoms with Crippen molar-refractivity contribution in [2.24, 2.45) is 0 Å². The van der Waals surface area contributed by atoms with Crippen LogP contribution in [0.1, 0.15) is 6.42 Å². The number of ether oxygens (including phenoxy) is 1. The lowest BCUT2D eigenvalue weighted by Crippen LogP contribution is -2.19. The molecule has 1 fully saturated rings. The van der Waals surface area contributed by atoms with Crippen molar-refractivity contribution in [3.63, 3.8) is 0 Å². The third-order valence-corrected chi connectivity index (χ3v) is 3.03. The number of nitrogens with one attached hydrogen (secondary N) is 1. The van der Waals surface area contributed by atoms with E-state index in [1.807, 2.05) is 12.1 Å². The quantitative estimate of drug-likeness (QED) is 0.846. The van der Waals surface area contributed by atoms with Gasteiger partial charge in [0, 0.05) is 6.54 Å². The average Bonchev–Trinajstić information content (AvgIpc) is 2.66. The number of halogens is 2. The Hall–Kier alpha value is -0.440. The van der Waals surface area contributed by atoms with E-state index in [1.54, 1.807) is 6.07 Å². The third-order valence-electron chi connectivity index (χ3n) is 2.22. The van der Waals surface area contributed by atoms with Crippen molar-refractivity contribution in [2.75, 3.05) is 13.1 Å². The zero-order valence-electron chi connectivity index (χ0n) is 7.59. The minimum absolute atomic E-state index is 0.214. The van der Waals surface area contributed by atoms with Crippen molar-refractivity contribution in [3.05, 3.63) is 28.2 Å². The highest BCUT2D eigenvalue weighted by molar-refractivity contribution is 6.42. The SMILES string of the molecule is Clc1cccc(O[C@@H]2CCNC2)c1Cl. The summed E-state index contributed by atoms with van der Waals surface area (Å²) in [5.41, 5.74) is 0. The molecule has 0 aromatic heterocycles. The molecule has 0 unspecified atom stereocenters. The van der Waals surface area contributed by atoms with Gasteiger partial charge in [0.05, 0.1) is 5.02 Å². The van der Waals surface area contributed by atoms with Crippen molar-refractivity contribution in [3.8, 4) is 5.75 Å². The molecule has 1 aromatic carbocycles. The molecule has 1 aliphatic rings. The summed E-state index contributed by atoms with van der Waals surface area (Å²) in [5.74, 6) is 0.674. The summed E-state index contributed by atoms with van der Waals surface area (Å²) in [4.78, 5) is 0. The maximum absolute atomic E-state index is 5.99. The molecule has 0 radical (unpaired) electrons. The molecule has 1 aliphatic heterocycles. The van der Waals surface area contributed by atoms with Gasteiger partial charge in [-0.3, -0.25) is 0 Å². The predicted octanol–water partition coefficient (Wildman–Crippen LogP) is 2.73. The fourth-order valence-electron chi connectivity index (χ4n) is 1.48. The third kappa shape index (κ3) is 2.14. The maximum atomic E-state index is 5.99. The Morgan fingerprint density at radius 2 is 2.21 bits per heavy atom. The number of rotatable bonds is 2. The van der Waals surface area contributed by atoms with Gasteiger partial charge in [0.1, 0.15) is 16.9 Å². The molecule has 0 saturated carbocycles. The van der Waals surface area contributed by atoms with Crippen LogP contribution < -0.4 is 10.1 Å². The zero-order chi connectivity index (χ0) is 9.97. The molecule has 0 spiro atoms. The first-order valence-corrected chi connectivity index (χ1v) is 5.34. The highest BCUT2D eigenvalue weighted by Crippen LogP contribution is 2.32. The van der Waals surface area contributed by atoms with Gasteiger partial charge in [-0.25, -0.2) is 0 Å². The van der Waals surface area contributed by atoms with E-state index in [-0.39, 0.29) is 6.10 Å². The monoisotopic (exact) mass is 231 g/mol. The fourth-order valence-corrected chi connectivity index (χ4v) is 1.82. The molecule has 2 rings (SSSR count). The lowest BCUT2D eigenvalue weighted by Gasteiger charge is -2.13. The van der Waals surface area contributed by atoms with Crippen molar-refractivity contribution >= 4 is 23.2 Å². The van der Waals surface area contributed by atoms with Gasteiger partial charge in [-0.05, 0) is 25.1 Å². The molecule has 0 amide bonds. The molecular formula is C10H11Cl2NO. The number of hydrogen-bond acceptors (Lipinski definition) is 2. The zero-order valence-corrected chi connectivity index (χ0v) is 9.11. The van der Waals surface area contributed by atoms with E-state index < -0.39 is 0 Å². The normalized spacial score (nSPS) is 21.1. The highest BCUT2D eigenvalue weighted by Gasteiger charge is 2.17. The second-order valence-electron chi connectivity index (χ2n) is 3.28. The van der Waals surface area contributed by atoms with E-state index in [4.69, 9.17) is 27.9 Å². The minimum atomic E-state index is 0.214. The Morgan fingerprint density at radius 1 is 1.36 bits per heavy atom. The fraction of sp³-hybridized carbons (Fsp3) is 0.400. The largest absolute Gasteiger partial charge is 0.487 e. The molecule has 2 nitrogen and oxygen atoms in total. The molecule has 76 valence electrons. The molecule has 14 heavy (non-hydrogen) atoms. The van der Waals surface area contributed by atoms with E-state index in [0.717, 1.165) is 19.5 Å². The standard InChI is InChI=1S/C10H11Cl2NO/c11-8-2-1-3-9(10(8)12)14-7-4-5-13-6-7/h1-3,7,13H,4-6H2/t7-/m1/s1. The van der Waals surface area contributed by atoms with E-state index in [1.165, 1.54) is 0 Å². The summed E-state index contributed by atoms with van der Waals surface area (Å²) in [7, 11) is 0. The van der Waals surface area contributed by atoms with Gasteiger partial charge < -0.3 is 10.1 Å². The van der Waals surface area contributed by atoms with E-state index in [9.17, 15) is 0 Å². The van der Waals surface area contributed by atoms with Crippen LogP contribution in [0.2, 0.25) is 10.0 Å². The molecule has 1 atom stereocenters. The van der Waals surface area contributed by atoms with Crippen LogP contribution in [-0.2, 0) is 0 Å². The van der Waals surface area contributed by atoms with Gasteiger partial charge >= 0.3 is 0 Å². The molecule has 1 aromatic rings. The van der Waals surface area contributed by atoms with Gasteiger partial charge in [0.25, 0.3) is 0 Å². The first-order chi connectivity index (χ1) is 6.77. The Morgan fingerprint density at radius 3 is 2.93 bits per heavy atom. The molecule has 1 saturated heterocycles. The van der Waals surface area contributed by atoms with Crippen molar-refractivity contribution in [2.45, 2.75) is 12.5 Å². The Bertz CT molecular complexity index is 324. The average molecular weight is 232 g/mol. The van der Waals surface area contributed by atoms with Crippen LogP contribution >= 0.6 is 23.2 Å². The van der Waals surface area contributed by atoms with Gasteiger partial charge in [-0.15, -0.1) is 0 Å². The topological polar surface area (TPSA) is 21.3 Å². The van der Waals surface area contributed by atoms with Gasteiger partial charge in [-0.2, -0.15) is 0 Å². The first kappa shape index (κ1) is 10.1. The maximum Gasteiger partial charge on any atom is 0.139 e. The summed E-state index contributed by atoms with van der Waals surface area (Å²) >= 11 is 11.9. The summed E-state index contributed by atoms with van der Waals surface area (Å²) in [6.07, 6.45) is 1.23. The van der Waals surface area contributed by atoms with Crippen LogP contribution in [0, 0.1) is 0 Å². The Labute approximate surface area is 93.2 Å². The van der Waals surface area contributed by atoms with Crippen LogP contribution in [-0.4, -0.2) is 19.2 Å². The van der Waals surface area contributed by atoms with Crippen LogP contribution in [0.25, 0.3) is 0 Å². The second kappa shape index (κ2) is 4.39. The van der Waals surface area contributed by atoms with E-state index >= 15 is 0 Å². The lowest BCUT2D eigenvalue weighted by molar-refractivity contribution is 0.223. The van der Waals surface area contributed by atoms with Gasteiger partial charge in [-0.1, -0.05) is 29.3 Å². The van der Waals surface area contributed by atoms with Crippen molar-refractivity contribution in [1.82, 2.24) is 5.32 Å². The van der Waals surface area contributed by atoms with Crippen LogP contribution in [0.4, 0.5) is 0 Å². The van der Waals surface area contributed by atoms with Crippen molar-refractivity contribution in [1.29, 1.82) is 0 Å². The lowest BCUT2D eigenvalue weighted by atomic mass is 10.3. The number of benzene rings is 1. The summed E-state index contributed by atoms with van der Waals surface area (Å²) in [5, 5.41) is 4.26. The molecular weight excluding hydrogens is 221 g/mol. The molecule has 1 N–H and O–H groups in total. The minimum Gasteiger partial charge on any atom is -0.487 e. The summed E-state index contributed by atoms with van der Waals surface area (Å²) in [6.45, 7) is 1.88. The van der Waals surface area contributed by atoms with Crippen LogP contribution in [0.3, 0.4) is 0 Å². The Balaban J connectivity index is 2.11. The van der Waals surface area contributed by atoms with Crippen molar-refractivity contribution < 1.29 is 4.74 Å². The second-order valence-corrected chi connectivity index (χ2v) is 4.07. The molecule has 1 heterocycles. The van der Waals surface area contributed by atoms with Gasteiger partial charge in [0.2, 0.25) is 0 Å². The summed E-state index contributed by atoms with van der Waals surface area (Å²) < 4.78 is 5.71. The molecule has 0 bridgehead atoms. The van der Waals surface area contributed by atoms with E-state index in [2.05, 4.69) is 5.32 Å². The van der Waals surface area contributed by atoms with Crippen LogP contribution in [0.15, 0.2) is 18.2 Å². The van der Waals surface area contributed by atoms with E-state index in [0.29, 0.717) is 15.8 Å². The molecule has 4 heteroatoms. The first-order valence-electron chi connectivity index (χ1n) is 4.59. The molecule has 0 aliphatic carbocycles. The van der Waals surface area contributed by atoms with Gasteiger partial charge in [0.15, 0.2) is 0 Å². The predicted molar refractivity (Wildman–Crippen MR) is 58.4 cm³/mol. The summed E-state index contributed by atoms with van der Waals surface area (Å²) in [6, 6.07) is 5.43. The van der Waals surface area contributed by atoms with Crippen LogP contribution in [0.5, 0.6) is 5.75 Å². The number of hydrogen-bond donors (Lipinski definition) is 1.